The Balaban J connectivity index is 1.22. The van der Waals surface area contributed by atoms with E-state index in [0.29, 0.717) is 109 Å². The number of primary amides is 2. The van der Waals surface area contributed by atoms with Crippen LogP contribution in [0.2, 0.25) is 0 Å². The smallest absolute Gasteiger partial charge is 0.295 e. The van der Waals surface area contributed by atoms with Gasteiger partial charge in [0, 0.05) is 51.2 Å². The Kier molecular flexibility index (Phi) is 9.83. The maximum atomic E-state index is 13.7. The van der Waals surface area contributed by atoms with Crippen molar-refractivity contribution in [2.24, 2.45) is 16.9 Å². The average Bonchev–Trinajstić information content (AvgIpc) is 3.94. The largest absolute Gasteiger partial charge is 0.490 e. The molecule has 2 aromatic carbocycles. The minimum atomic E-state index is -0.674. The lowest BCUT2D eigenvalue weighted by Gasteiger charge is -2.41. The van der Waals surface area contributed by atoms with Crippen molar-refractivity contribution in [2.45, 2.75) is 66.5 Å². The summed E-state index contributed by atoms with van der Waals surface area (Å²) >= 11 is 0. The highest BCUT2D eigenvalue weighted by Gasteiger charge is 2.40. The Bertz CT molecular complexity index is 2460. The molecule has 19 nitrogen and oxygen atoms in total. The van der Waals surface area contributed by atoms with Crippen molar-refractivity contribution < 1.29 is 37.5 Å². The van der Waals surface area contributed by atoms with Crippen LogP contribution in [-0.2, 0) is 25.9 Å². The molecule has 0 radical (unpaired) electrons. The fourth-order valence-electron chi connectivity index (χ4n) is 7.41. The van der Waals surface area contributed by atoms with Crippen molar-refractivity contribution in [1.82, 2.24) is 34.4 Å². The van der Waals surface area contributed by atoms with Gasteiger partial charge in [-0.1, -0.05) is 13.8 Å². The van der Waals surface area contributed by atoms with E-state index in [9.17, 15) is 19.2 Å². The minimum Gasteiger partial charge on any atom is -0.490 e. The molecule has 1 spiro atoms. The summed E-state index contributed by atoms with van der Waals surface area (Å²) < 4.78 is 28.1. The molecule has 0 saturated carbocycles. The second kappa shape index (κ2) is 15.0. The third-order valence-electron chi connectivity index (χ3n) is 10.4. The van der Waals surface area contributed by atoms with Gasteiger partial charge in [-0.05, 0) is 49.9 Å². The van der Waals surface area contributed by atoms with Crippen LogP contribution in [-0.4, -0.2) is 79.0 Å². The number of ether oxygens (including phenoxy) is 2. The Morgan fingerprint density at radius 1 is 0.707 bits per heavy atom. The van der Waals surface area contributed by atoms with E-state index in [2.05, 4.69) is 25.9 Å². The first kappa shape index (κ1) is 38.1. The van der Waals surface area contributed by atoms with Gasteiger partial charge in [0.1, 0.15) is 22.5 Å². The number of oxazole rings is 2. The molecular formula is C39H43N11O8. The molecule has 0 bridgehead atoms. The predicted molar refractivity (Wildman–Crippen MR) is 209 cm³/mol. The maximum Gasteiger partial charge on any atom is 0.295 e. The van der Waals surface area contributed by atoms with Crippen molar-refractivity contribution in [2.75, 3.05) is 36.9 Å². The summed E-state index contributed by atoms with van der Waals surface area (Å²) in [6.07, 6.45) is 1.99. The molecule has 0 atom stereocenters. The topological polar surface area (TPSA) is 263 Å². The van der Waals surface area contributed by atoms with Gasteiger partial charge in [-0.3, -0.25) is 29.8 Å². The number of hydrogen-bond donors (Lipinski definition) is 5. The molecule has 8 rings (SSSR count). The first-order valence-corrected chi connectivity index (χ1v) is 19.1. The van der Waals surface area contributed by atoms with Crippen LogP contribution in [0.4, 0.5) is 11.9 Å². The SMILES string of the molecule is CCc1nc(C)oc1C(=O)Nc1nc2cc(C(N)=O)cc3c2n1CCCCn1c(NC(=O)c2oc(C)nc2CC)nc2cc(C(N)=O)cc(c21)OCC1(CNC1)CO3. The van der Waals surface area contributed by atoms with Gasteiger partial charge in [-0.15, -0.1) is 0 Å². The molecule has 19 heteroatoms. The van der Waals surface area contributed by atoms with Crippen molar-refractivity contribution in [1.29, 1.82) is 0 Å². The van der Waals surface area contributed by atoms with Gasteiger partial charge in [0.25, 0.3) is 11.8 Å². The van der Waals surface area contributed by atoms with Crippen molar-refractivity contribution >= 4 is 57.6 Å². The number of nitrogens with one attached hydrogen (secondary N) is 3. The van der Waals surface area contributed by atoms with E-state index in [1.165, 1.54) is 0 Å². The van der Waals surface area contributed by atoms with Crippen LogP contribution in [0.15, 0.2) is 33.1 Å². The summed E-state index contributed by atoms with van der Waals surface area (Å²) in [7, 11) is 0. The quantitative estimate of drug-likeness (QED) is 0.148. The van der Waals surface area contributed by atoms with Crippen LogP contribution >= 0.6 is 0 Å². The Morgan fingerprint density at radius 3 is 1.50 bits per heavy atom. The Hall–Kier alpha value is -6.76. The zero-order chi connectivity index (χ0) is 40.9. The first-order chi connectivity index (χ1) is 27.9. The lowest BCUT2D eigenvalue weighted by atomic mass is 9.83. The van der Waals surface area contributed by atoms with Gasteiger partial charge >= 0.3 is 0 Å². The van der Waals surface area contributed by atoms with Gasteiger partial charge in [0.05, 0.1) is 41.1 Å². The highest BCUT2D eigenvalue weighted by molar-refractivity contribution is 6.05. The Labute approximate surface area is 330 Å². The number of aromatic nitrogens is 6. The molecule has 58 heavy (non-hydrogen) atoms. The van der Waals surface area contributed by atoms with Gasteiger partial charge in [0.15, 0.2) is 11.8 Å². The highest BCUT2D eigenvalue weighted by atomic mass is 16.5. The van der Waals surface area contributed by atoms with E-state index in [1.807, 2.05) is 23.0 Å². The molecule has 1 fully saturated rings. The van der Waals surface area contributed by atoms with E-state index in [-0.39, 0.29) is 47.8 Å². The normalized spacial score (nSPS) is 15.2. The van der Waals surface area contributed by atoms with Gasteiger partial charge in [-0.25, -0.2) is 19.9 Å². The van der Waals surface area contributed by atoms with Crippen LogP contribution in [0.5, 0.6) is 11.5 Å². The molecule has 1 saturated heterocycles. The maximum absolute atomic E-state index is 13.7. The summed E-state index contributed by atoms with van der Waals surface area (Å²) in [6.45, 7) is 9.12. The van der Waals surface area contributed by atoms with E-state index in [0.717, 1.165) is 0 Å². The average molecular weight is 794 g/mol. The number of hydrogen-bond acceptors (Lipinski definition) is 13. The summed E-state index contributed by atoms with van der Waals surface area (Å²) in [6, 6.07) is 6.28. The molecule has 0 aliphatic carbocycles. The van der Waals surface area contributed by atoms with E-state index < -0.39 is 29.0 Å². The van der Waals surface area contributed by atoms with E-state index in [4.69, 9.17) is 39.7 Å². The second-order valence-electron chi connectivity index (χ2n) is 14.6. The number of aryl methyl sites for hydroxylation is 6. The molecule has 4 aromatic heterocycles. The molecule has 6 aromatic rings. The van der Waals surface area contributed by atoms with Gasteiger partial charge in [0.2, 0.25) is 35.2 Å². The molecular weight excluding hydrogens is 750 g/mol. The van der Waals surface area contributed by atoms with E-state index in [1.54, 1.807) is 38.1 Å². The monoisotopic (exact) mass is 793 g/mol. The molecule has 302 valence electrons. The summed E-state index contributed by atoms with van der Waals surface area (Å²) in [5.41, 5.74) is 14.2. The molecule has 2 aliphatic heterocycles. The number of amides is 4. The molecule has 6 heterocycles. The standard InChI is InChI=1S/C39H43N11O8/c1-5-23-31(57-19(3)43-23)35(53)47-37-45-25-11-21(33(40)51)13-27-29(25)49(37)9-7-8-10-50-30-26(46-38(50)48-36(54)32-24(6-2)44-20(4)58-32)12-22(34(41)52)14-28(30)56-18-39(17-55-27)15-42-16-39/h11-14,42H,5-10,15-18H2,1-4H3,(H2,40,51)(H2,41,52)(H,45,47,53)(H,46,48,54). The third kappa shape index (κ3) is 6.97. The molecule has 7 N–H and O–H groups in total. The van der Waals surface area contributed by atoms with Gasteiger partial charge in [-0.2, -0.15) is 0 Å². The zero-order valence-electron chi connectivity index (χ0n) is 32.5. The minimum absolute atomic E-state index is 0.0779. The van der Waals surface area contributed by atoms with Crippen molar-refractivity contribution in [3.05, 3.63) is 70.1 Å². The number of rotatable bonds is 8. The fourth-order valence-corrected chi connectivity index (χ4v) is 7.41. The highest BCUT2D eigenvalue weighted by Crippen LogP contribution is 2.37. The number of anilines is 2. The van der Waals surface area contributed by atoms with E-state index >= 15 is 0 Å². The number of imidazole rings is 2. The lowest BCUT2D eigenvalue weighted by molar-refractivity contribution is 0.0321. The summed E-state index contributed by atoms with van der Waals surface area (Å²) in [5.74, 6) is -0.449. The third-order valence-corrected chi connectivity index (χ3v) is 10.4. The predicted octanol–water partition coefficient (Wildman–Crippen LogP) is 3.65. The number of nitrogens with zero attached hydrogens (tertiary/aromatic N) is 6. The van der Waals surface area contributed by atoms with Crippen LogP contribution in [0.1, 0.15) is 91.7 Å². The van der Waals surface area contributed by atoms with Crippen LogP contribution in [0, 0.1) is 19.3 Å². The fraction of sp³-hybridized carbons (Fsp3) is 0.385. The molecule has 0 unspecified atom stereocenters. The first-order valence-electron chi connectivity index (χ1n) is 19.1. The molecule has 4 amide bonds. The molecule has 2 aliphatic rings. The lowest BCUT2D eigenvalue weighted by Crippen LogP contribution is -2.59. The number of carbonyl (C=O) groups is 4. The number of nitrogens with two attached hydrogens (primary N) is 2. The van der Waals surface area contributed by atoms with Crippen LogP contribution in [0.3, 0.4) is 0 Å². The summed E-state index contributed by atoms with van der Waals surface area (Å²) in [4.78, 5) is 70.7. The van der Waals surface area contributed by atoms with Crippen LogP contribution < -0.4 is 36.9 Å². The van der Waals surface area contributed by atoms with Gasteiger partial charge < -0.3 is 44.2 Å². The van der Waals surface area contributed by atoms with Crippen molar-refractivity contribution in [3.8, 4) is 11.5 Å². The Morgan fingerprint density at radius 2 is 1.14 bits per heavy atom. The van der Waals surface area contributed by atoms with Crippen molar-refractivity contribution in [3.63, 3.8) is 0 Å². The number of carbonyl (C=O) groups excluding carboxylic acids is 4. The zero-order valence-corrected chi connectivity index (χ0v) is 32.5. The summed E-state index contributed by atoms with van der Waals surface area (Å²) in [5, 5.41) is 9.12. The number of benzene rings is 2. The van der Waals surface area contributed by atoms with Crippen LogP contribution in [0.25, 0.3) is 22.1 Å². The second-order valence-corrected chi connectivity index (χ2v) is 14.6.